The minimum atomic E-state index is -3.86. The van der Waals surface area contributed by atoms with Crippen molar-refractivity contribution in [2.75, 3.05) is 13.1 Å². The van der Waals surface area contributed by atoms with Crippen molar-refractivity contribution in [1.29, 1.82) is 0 Å². The third kappa shape index (κ3) is 2.57. The van der Waals surface area contributed by atoms with E-state index >= 15 is 0 Å². The Bertz CT molecular complexity index is 623. The molecule has 20 heavy (non-hydrogen) atoms. The van der Waals surface area contributed by atoms with Crippen LogP contribution < -0.4 is 0 Å². The molecule has 0 saturated carbocycles. The number of hydrogen-bond donors (Lipinski definition) is 2. The Morgan fingerprint density at radius 3 is 2.40 bits per heavy atom. The molecule has 1 aromatic heterocycles. The Kier molecular flexibility index (Phi) is 3.64. The summed E-state index contributed by atoms with van der Waals surface area (Å²) in [6, 6.07) is 0. The molecule has 0 aromatic carbocycles. The monoisotopic (exact) mass is 301 g/mol. The molecular formula is C12H19N3O4S. The van der Waals surface area contributed by atoms with Gasteiger partial charge in [0, 0.05) is 18.8 Å². The molecule has 1 saturated heterocycles. The van der Waals surface area contributed by atoms with Gasteiger partial charge in [0.15, 0.2) is 0 Å². The van der Waals surface area contributed by atoms with Crippen LogP contribution in [0, 0.1) is 12.3 Å². The number of piperidine rings is 1. The van der Waals surface area contributed by atoms with Crippen LogP contribution in [0.1, 0.15) is 42.7 Å². The van der Waals surface area contributed by atoms with E-state index in [1.807, 2.05) is 0 Å². The number of carboxylic acid groups (broad SMARTS) is 1. The lowest BCUT2D eigenvalue weighted by molar-refractivity contribution is 0.0691. The SMILES string of the molecule is Cc1[nH]nc(S(=O)(=O)N2CCC(C)(C)CC2)c1C(=O)O. The maximum atomic E-state index is 12.5. The van der Waals surface area contributed by atoms with Gasteiger partial charge in [0.2, 0.25) is 5.03 Å². The predicted molar refractivity (Wildman–Crippen MR) is 72.1 cm³/mol. The predicted octanol–water partition coefficient (Wildman–Crippen LogP) is 1.23. The molecule has 0 amide bonds. The normalized spacial score (nSPS) is 19.9. The molecule has 0 spiro atoms. The Labute approximate surface area is 118 Å². The molecule has 1 aliphatic rings. The molecule has 0 unspecified atom stereocenters. The van der Waals surface area contributed by atoms with Crippen molar-refractivity contribution in [1.82, 2.24) is 14.5 Å². The van der Waals surface area contributed by atoms with Gasteiger partial charge in [-0.2, -0.15) is 9.40 Å². The van der Waals surface area contributed by atoms with E-state index in [4.69, 9.17) is 5.11 Å². The number of carbonyl (C=O) groups is 1. The van der Waals surface area contributed by atoms with Gasteiger partial charge in [-0.3, -0.25) is 5.10 Å². The Morgan fingerprint density at radius 1 is 1.35 bits per heavy atom. The third-order valence-corrected chi connectivity index (χ3v) is 5.62. The molecule has 112 valence electrons. The van der Waals surface area contributed by atoms with Crippen molar-refractivity contribution in [2.45, 2.75) is 38.6 Å². The summed E-state index contributed by atoms with van der Waals surface area (Å²) in [5.41, 5.74) is 0.0895. The van der Waals surface area contributed by atoms with Gasteiger partial charge in [-0.25, -0.2) is 13.2 Å². The summed E-state index contributed by atoms with van der Waals surface area (Å²) in [5, 5.41) is 14.9. The van der Waals surface area contributed by atoms with Crippen molar-refractivity contribution in [3.05, 3.63) is 11.3 Å². The number of sulfonamides is 1. The molecule has 8 heteroatoms. The maximum absolute atomic E-state index is 12.5. The summed E-state index contributed by atoms with van der Waals surface area (Å²) in [7, 11) is -3.86. The van der Waals surface area contributed by atoms with Crippen LogP contribution >= 0.6 is 0 Å². The van der Waals surface area contributed by atoms with E-state index in [-0.39, 0.29) is 21.7 Å². The molecule has 1 aromatic rings. The van der Waals surface area contributed by atoms with Crippen LogP contribution in [0.5, 0.6) is 0 Å². The highest BCUT2D eigenvalue weighted by Gasteiger charge is 2.37. The minimum absolute atomic E-state index is 0.114. The molecule has 0 aliphatic carbocycles. The van der Waals surface area contributed by atoms with E-state index in [0.29, 0.717) is 13.1 Å². The van der Waals surface area contributed by atoms with Crippen molar-refractivity contribution < 1.29 is 18.3 Å². The number of aromatic amines is 1. The van der Waals surface area contributed by atoms with Crippen LogP contribution in [-0.4, -0.2) is 47.1 Å². The highest BCUT2D eigenvalue weighted by atomic mass is 32.2. The van der Waals surface area contributed by atoms with Crippen LogP contribution in [0.3, 0.4) is 0 Å². The molecule has 2 rings (SSSR count). The number of hydrogen-bond acceptors (Lipinski definition) is 4. The smallest absolute Gasteiger partial charge is 0.340 e. The Balaban J connectivity index is 2.35. The van der Waals surface area contributed by atoms with E-state index in [1.165, 1.54) is 11.2 Å². The molecule has 0 radical (unpaired) electrons. The molecule has 7 nitrogen and oxygen atoms in total. The van der Waals surface area contributed by atoms with Gasteiger partial charge >= 0.3 is 5.97 Å². The summed E-state index contributed by atoms with van der Waals surface area (Å²) in [5.74, 6) is -1.29. The third-order valence-electron chi connectivity index (χ3n) is 3.79. The number of aromatic carboxylic acids is 1. The van der Waals surface area contributed by atoms with Crippen molar-refractivity contribution in [3.63, 3.8) is 0 Å². The average molecular weight is 301 g/mol. The van der Waals surface area contributed by atoms with Crippen molar-refractivity contribution >= 4 is 16.0 Å². The number of rotatable bonds is 3. The molecular weight excluding hydrogens is 282 g/mol. The molecule has 2 N–H and O–H groups in total. The zero-order valence-corrected chi connectivity index (χ0v) is 12.6. The van der Waals surface area contributed by atoms with Gasteiger partial charge in [0.1, 0.15) is 5.56 Å². The number of H-pyrrole nitrogens is 1. The summed E-state index contributed by atoms with van der Waals surface area (Å²) < 4.78 is 26.4. The zero-order valence-electron chi connectivity index (χ0n) is 11.8. The fourth-order valence-electron chi connectivity index (χ4n) is 2.30. The van der Waals surface area contributed by atoms with Crippen molar-refractivity contribution in [2.24, 2.45) is 5.41 Å². The summed E-state index contributed by atoms with van der Waals surface area (Å²) >= 11 is 0. The lowest BCUT2D eigenvalue weighted by Crippen LogP contribution is -2.41. The van der Waals surface area contributed by atoms with E-state index in [0.717, 1.165) is 12.8 Å². The Hall–Kier alpha value is -1.41. The first-order valence-electron chi connectivity index (χ1n) is 6.43. The van der Waals surface area contributed by atoms with Gasteiger partial charge in [-0.05, 0) is 25.2 Å². The van der Waals surface area contributed by atoms with Gasteiger partial charge in [-0.1, -0.05) is 13.8 Å². The summed E-state index contributed by atoms with van der Waals surface area (Å²) in [6.07, 6.45) is 1.50. The van der Waals surface area contributed by atoms with Gasteiger partial charge in [0.05, 0.1) is 0 Å². The zero-order chi connectivity index (χ0) is 15.1. The van der Waals surface area contributed by atoms with E-state index in [1.54, 1.807) is 0 Å². The molecule has 1 fully saturated rings. The number of aryl methyl sites for hydroxylation is 1. The molecule has 1 aliphatic heterocycles. The molecule has 0 atom stereocenters. The number of nitrogens with one attached hydrogen (secondary N) is 1. The largest absolute Gasteiger partial charge is 0.478 e. The van der Waals surface area contributed by atoms with Crippen molar-refractivity contribution in [3.8, 4) is 0 Å². The van der Waals surface area contributed by atoms with Crippen LogP contribution in [0.15, 0.2) is 5.03 Å². The molecule has 2 heterocycles. The highest BCUT2D eigenvalue weighted by Crippen LogP contribution is 2.32. The fraction of sp³-hybridized carbons (Fsp3) is 0.667. The number of aromatic nitrogens is 2. The first-order valence-corrected chi connectivity index (χ1v) is 7.87. The minimum Gasteiger partial charge on any atom is -0.478 e. The lowest BCUT2D eigenvalue weighted by atomic mass is 9.83. The van der Waals surface area contributed by atoms with E-state index in [9.17, 15) is 13.2 Å². The second kappa shape index (κ2) is 4.85. The second-order valence-corrected chi connectivity index (χ2v) is 7.76. The van der Waals surface area contributed by atoms with Crippen LogP contribution in [0.25, 0.3) is 0 Å². The van der Waals surface area contributed by atoms with Crippen LogP contribution in [0.4, 0.5) is 0 Å². The average Bonchev–Trinajstić information content (AvgIpc) is 2.71. The van der Waals surface area contributed by atoms with Gasteiger partial charge < -0.3 is 5.11 Å². The lowest BCUT2D eigenvalue weighted by Gasteiger charge is -2.35. The standard InChI is InChI=1S/C12H19N3O4S/c1-8-9(11(16)17)10(14-13-8)20(18,19)15-6-4-12(2,3)5-7-15/h4-7H2,1-3H3,(H,13,14)(H,16,17). The van der Waals surface area contributed by atoms with Crippen LogP contribution in [0.2, 0.25) is 0 Å². The summed E-state index contributed by atoms with van der Waals surface area (Å²) in [6.45, 7) is 6.46. The van der Waals surface area contributed by atoms with E-state index < -0.39 is 16.0 Å². The van der Waals surface area contributed by atoms with Gasteiger partial charge in [-0.15, -0.1) is 0 Å². The number of nitrogens with zero attached hydrogens (tertiary/aromatic N) is 2. The number of carboxylic acids is 1. The fourth-order valence-corrected chi connectivity index (χ4v) is 3.87. The highest BCUT2D eigenvalue weighted by molar-refractivity contribution is 7.89. The van der Waals surface area contributed by atoms with Crippen LogP contribution in [-0.2, 0) is 10.0 Å². The quantitative estimate of drug-likeness (QED) is 0.874. The molecule has 0 bridgehead atoms. The first-order chi connectivity index (χ1) is 9.15. The van der Waals surface area contributed by atoms with Gasteiger partial charge in [0.25, 0.3) is 10.0 Å². The topological polar surface area (TPSA) is 103 Å². The Morgan fingerprint density at radius 2 is 1.90 bits per heavy atom. The summed E-state index contributed by atoms with van der Waals surface area (Å²) in [4.78, 5) is 11.2. The maximum Gasteiger partial charge on any atom is 0.340 e. The second-order valence-electron chi connectivity index (χ2n) is 5.90. The first kappa shape index (κ1) is 15.0. The van der Waals surface area contributed by atoms with E-state index in [2.05, 4.69) is 24.0 Å².